The van der Waals surface area contributed by atoms with Crippen molar-refractivity contribution in [2.24, 2.45) is 11.7 Å². The number of carbonyl (C=O) groups is 2. The van der Waals surface area contributed by atoms with Crippen molar-refractivity contribution < 1.29 is 9.59 Å². The highest BCUT2D eigenvalue weighted by Gasteiger charge is 2.28. The quantitative estimate of drug-likeness (QED) is 0.635. The van der Waals surface area contributed by atoms with Gasteiger partial charge in [0.2, 0.25) is 0 Å². The van der Waals surface area contributed by atoms with E-state index in [0.29, 0.717) is 22.3 Å². The van der Waals surface area contributed by atoms with Crippen molar-refractivity contribution in [3.63, 3.8) is 0 Å². The molecule has 0 atom stereocenters. The van der Waals surface area contributed by atoms with Crippen LogP contribution in [0.25, 0.3) is 0 Å². The lowest BCUT2D eigenvalue weighted by Crippen LogP contribution is -2.25. The van der Waals surface area contributed by atoms with Gasteiger partial charge in [0, 0.05) is 12.6 Å². The molecule has 0 aliphatic heterocycles. The van der Waals surface area contributed by atoms with Gasteiger partial charge in [0.15, 0.2) is 0 Å². The predicted octanol–water partition coefficient (Wildman–Crippen LogP) is 1.39. The van der Waals surface area contributed by atoms with Crippen molar-refractivity contribution in [2.75, 3.05) is 17.6 Å². The van der Waals surface area contributed by atoms with E-state index in [4.69, 9.17) is 11.5 Å². The van der Waals surface area contributed by atoms with Crippen LogP contribution in [0.15, 0.2) is 0 Å². The highest BCUT2D eigenvalue weighted by molar-refractivity contribution is 7.19. The number of anilines is 2. The Labute approximate surface area is 121 Å². The van der Waals surface area contributed by atoms with Gasteiger partial charge in [-0.05, 0) is 18.8 Å². The second-order valence-corrected chi connectivity index (χ2v) is 6.46. The van der Waals surface area contributed by atoms with E-state index in [1.165, 1.54) is 11.3 Å². The number of nitrogens with two attached hydrogens (primary N) is 2. The number of amides is 2. The zero-order valence-corrected chi connectivity index (χ0v) is 12.5. The fourth-order valence-corrected chi connectivity index (χ4v) is 2.79. The number of rotatable bonds is 6. The molecule has 0 aromatic carbocycles. The van der Waals surface area contributed by atoms with E-state index in [2.05, 4.69) is 24.5 Å². The molecule has 0 unspecified atom stereocenters. The van der Waals surface area contributed by atoms with Crippen LogP contribution in [0.2, 0.25) is 0 Å². The molecule has 0 spiro atoms. The van der Waals surface area contributed by atoms with E-state index >= 15 is 0 Å². The Morgan fingerprint density at radius 3 is 2.55 bits per heavy atom. The molecule has 110 valence electrons. The van der Waals surface area contributed by atoms with Crippen molar-refractivity contribution in [1.29, 1.82) is 0 Å². The maximum absolute atomic E-state index is 12.1. The van der Waals surface area contributed by atoms with Crippen molar-refractivity contribution >= 4 is 33.8 Å². The van der Waals surface area contributed by atoms with Crippen LogP contribution in [0.5, 0.6) is 0 Å². The monoisotopic (exact) mass is 296 g/mol. The molecule has 1 aliphatic rings. The van der Waals surface area contributed by atoms with Crippen LogP contribution in [0.4, 0.5) is 10.7 Å². The SMILES string of the molecule is CC(C)CNc1sc(C(=O)NC2CC2)c(N)c1C(N)=O. The average molecular weight is 296 g/mol. The van der Waals surface area contributed by atoms with Gasteiger partial charge >= 0.3 is 0 Å². The van der Waals surface area contributed by atoms with Gasteiger partial charge in [-0.25, -0.2) is 0 Å². The van der Waals surface area contributed by atoms with Crippen LogP contribution < -0.4 is 22.1 Å². The predicted molar refractivity (Wildman–Crippen MR) is 81.1 cm³/mol. The highest BCUT2D eigenvalue weighted by Crippen LogP contribution is 2.36. The minimum Gasteiger partial charge on any atom is -0.397 e. The summed E-state index contributed by atoms with van der Waals surface area (Å²) in [6.45, 7) is 4.78. The number of hydrogen-bond donors (Lipinski definition) is 4. The van der Waals surface area contributed by atoms with Crippen LogP contribution in [-0.4, -0.2) is 24.4 Å². The van der Waals surface area contributed by atoms with E-state index in [0.717, 1.165) is 12.8 Å². The lowest BCUT2D eigenvalue weighted by Gasteiger charge is -2.07. The van der Waals surface area contributed by atoms with E-state index in [1.54, 1.807) is 0 Å². The average Bonchev–Trinajstić information content (AvgIpc) is 3.08. The van der Waals surface area contributed by atoms with Crippen LogP contribution >= 0.6 is 11.3 Å². The number of thiophene rings is 1. The summed E-state index contributed by atoms with van der Waals surface area (Å²) in [4.78, 5) is 24.0. The Hall–Kier alpha value is -1.76. The Balaban J connectivity index is 2.25. The van der Waals surface area contributed by atoms with E-state index in [1.807, 2.05) is 0 Å². The first kappa shape index (κ1) is 14.6. The standard InChI is InChI=1S/C13H20N4O2S/c1-6(2)5-16-13-8(11(15)18)9(14)10(20-13)12(19)17-7-3-4-7/h6-7,16H,3-5,14H2,1-2H3,(H2,15,18)(H,17,19). The largest absolute Gasteiger partial charge is 0.397 e. The van der Waals surface area contributed by atoms with Gasteiger partial charge < -0.3 is 22.1 Å². The molecule has 0 saturated heterocycles. The summed E-state index contributed by atoms with van der Waals surface area (Å²) in [7, 11) is 0. The van der Waals surface area contributed by atoms with Crippen molar-refractivity contribution in [3.8, 4) is 0 Å². The van der Waals surface area contributed by atoms with Gasteiger partial charge in [-0.15, -0.1) is 11.3 Å². The van der Waals surface area contributed by atoms with Crippen LogP contribution in [0.1, 0.15) is 46.7 Å². The highest BCUT2D eigenvalue weighted by atomic mass is 32.1. The molecule has 20 heavy (non-hydrogen) atoms. The lowest BCUT2D eigenvalue weighted by atomic mass is 10.2. The fraction of sp³-hybridized carbons (Fsp3) is 0.538. The third-order valence-corrected chi connectivity index (χ3v) is 4.14. The third-order valence-electron chi connectivity index (χ3n) is 2.98. The number of nitrogens with one attached hydrogen (secondary N) is 2. The number of carbonyl (C=O) groups excluding carboxylic acids is 2. The molecule has 1 heterocycles. The molecule has 6 N–H and O–H groups in total. The maximum atomic E-state index is 12.1. The molecule has 1 aromatic heterocycles. The summed E-state index contributed by atoms with van der Waals surface area (Å²) in [5.74, 6) is -0.437. The van der Waals surface area contributed by atoms with E-state index < -0.39 is 5.91 Å². The van der Waals surface area contributed by atoms with Crippen LogP contribution in [0.3, 0.4) is 0 Å². The Morgan fingerprint density at radius 1 is 1.40 bits per heavy atom. The molecule has 1 saturated carbocycles. The smallest absolute Gasteiger partial charge is 0.263 e. The molecule has 1 aliphatic carbocycles. The first-order valence-electron chi connectivity index (χ1n) is 6.67. The third kappa shape index (κ3) is 3.22. The summed E-state index contributed by atoms with van der Waals surface area (Å²) >= 11 is 1.19. The van der Waals surface area contributed by atoms with Gasteiger partial charge in [-0.3, -0.25) is 9.59 Å². The second-order valence-electron chi connectivity index (χ2n) is 5.44. The Bertz CT molecular complexity index is 535. The molecule has 0 bridgehead atoms. The number of primary amides is 1. The molecule has 7 heteroatoms. The first-order valence-corrected chi connectivity index (χ1v) is 7.48. The lowest BCUT2D eigenvalue weighted by molar-refractivity contribution is 0.0955. The van der Waals surface area contributed by atoms with Gasteiger partial charge in [0.1, 0.15) is 9.88 Å². The second kappa shape index (κ2) is 5.70. The molecule has 2 rings (SSSR count). The zero-order chi connectivity index (χ0) is 14.9. The Morgan fingerprint density at radius 2 is 2.05 bits per heavy atom. The summed E-state index contributed by atoms with van der Waals surface area (Å²) in [6, 6.07) is 0.244. The summed E-state index contributed by atoms with van der Waals surface area (Å²) in [5, 5.41) is 6.58. The molecular weight excluding hydrogens is 276 g/mol. The minimum atomic E-state index is -0.615. The van der Waals surface area contributed by atoms with Gasteiger partial charge in [0.25, 0.3) is 11.8 Å². The van der Waals surface area contributed by atoms with Crippen molar-refractivity contribution in [1.82, 2.24) is 5.32 Å². The zero-order valence-electron chi connectivity index (χ0n) is 11.7. The fourth-order valence-electron chi connectivity index (χ4n) is 1.76. The number of hydrogen-bond acceptors (Lipinski definition) is 5. The molecule has 0 radical (unpaired) electrons. The van der Waals surface area contributed by atoms with Crippen LogP contribution in [0, 0.1) is 5.92 Å². The normalized spacial score (nSPS) is 14.3. The molecule has 1 fully saturated rings. The van der Waals surface area contributed by atoms with Gasteiger partial charge in [-0.2, -0.15) is 0 Å². The minimum absolute atomic E-state index is 0.173. The molecule has 6 nitrogen and oxygen atoms in total. The summed E-state index contributed by atoms with van der Waals surface area (Å²) in [5.41, 5.74) is 11.7. The Kier molecular flexibility index (Phi) is 4.17. The van der Waals surface area contributed by atoms with Crippen molar-refractivity contribution in [2.45, 2.75) is 32.7 Å². The molecular formula is C13H20N4O2S. The maximum Gasteiger partial charge on any atom is 0.263 e. The van der Waals surface area contributed by atoms with Gasteiger partial charge in [-0.1, -0.05) is 13.8 Å². The first-order chi connectivity index (χ1) is 9.40. The van der Waals surface area contributed by atoms with Crippen molar-refractivity contribution in [3.05, 3.63) is 10.4 Å². The molecule has 2 amide bonds. The van der Waals surface area contributed by atoms with Gasteiger partial charge in [0.05, 0.1) is 11.3 Å². The number of nitrogen functional groups attached to an aromatic ring is 1. The topological polar surface area (TPSA) is 110 Å². The summed E-state index contributed by atoms with van der Waals surface area (Å²) in [6.07, 6.45) is 2.00. The summed E-state index contributed by atoms with van der Waals surface area (Å²) < 4.78 is 0. The van der Waals surface area contributed by atoms with E-state index in [9.17, 15) is 9.59 Å². The van der Waals surface area contributed by atoms with E-state index in [-0.39, 0.29) is 23.2 Å². The molecule has 1 aromatic rings. The van der Waals surface area contributed by atoms with Crippen LogP contribution in [-0.2, 0) is 0 Å².